The number of aromatic nitrogens is 2. The first-order chi connectivity index (χ1) is 10.4. The molecule has 1 saturated carbocycles. The number of carbonyl (C=O) groups excluding carboxylic acids is 1. The molecule has 1 aromatic heterocycles. The van der Waals surface area contributed by atoms with E-state index in [-0.39, 0.29) is 23.9 Å². The minimum absolute atomic E-state index is 0. The molecule has 2 heterocycles. The molecule has 5 nitrogen and oxygen atoms in total. The normalized spacial score (nSPS) is 21.6. The molecule has 0 spiro atoms. The fraction of sp³-hybridized carbons (Fsp3) is 0.765. The Morgan fingerprint density at radius 3 is 2.70 bits per heavy atom. The molecule has 1 saturated heterocycles. The van der Waals surface area contributed by atoms with Gasteiger partial charge in [0, 0.05) is 18.2 Å². The summed E-state index contributed by atoms with van der Waals surface area (Å²) in [5, 5.41) is 11.0. The summed E-state index contributed by atoms with van der Waals surface area (Å²) in [6.07, 6.45) is 4.83. The van der Waals surface area contributed by atoms with Crippen LogP contribution in [0.1, 0.15) is 68.6 Å². The third kappa shape index (κ3) is 4.48. The van der Waals surface area contributed by atoms with Crippen molar-refractivity contribution in [2.45, 2.75) is 57.9 Å². The number of nitrogens with one attached hydrogen (secondary N) is 2. The van der Waals surface area contributed by atoms with Crippen LogP contribution < -0.4 is 10.6 Å². The van der Waals surface area contributed by atoms with Crippen molar-refractivity contribution in [2.24, 2.45) is 5.92 Å². The van der Waals surface area contributed by atoms with Gasteiger partial charge in [0.15, 0.2) is 0 Å². The second-order valence-corrected chi connectivity index (χ2v) is 7.73. The minimum atomic E-state index is -0.0796. The number of amides is 1. The van der Waals surface area contributed by atoms with Crippen LogP contribution in [0.2, 0.25) is 0 Å². The first kappa shape index (κ1) is 18.3. The number of carbonyl (C=O) groups is 1. The number of halogens is 1. The van der Waals surface area contributed by atoms with E-state index in [0.29, 0.717) is 17.5 Å². The quantitative estimate of drug-likeness (QED) is 0.886. The van der Waals surface area contributed by atoms with Crippen molar-refractivity contribution in [3.05, 3.63) is 17.5 Å². The Labute approximate surface area is 145 Å². The second-order valence-electron chi connectivity index (χ2n) is 7.73. The standard InChI is InChI=1S/C17H28N4O.ClH/c1-17(2,3)21-15(13-6-7-13)9-14(20-21)16(22)19-11-12-5-4-8-18-10-12;/h9,12-13,18H,4-8,10-11H2,1-3H3,(H,19,22);1H. The summed E-state index contributed by atoms with van der Waals surface area (Å²) in [7, 11) is 0. The van der Waals surface area contributed by atoms with Crippen molar-refractivity contribution < 1.29 is 4.79 Å². The molecular weight excluding hydrogens is 312 g/mol. The topological polar surface area (TPSA) is 59.0 Å². The van der Waals surface area contributed by atoms with Gasteiger partial charge >= 0.3 is 0 Å². The van der Waals surface area contributed by atoms with E-state index in [1.54, 1.807) is 0 Å². The van der Waals surface area contributed by atoms with E-state index in [4.69, 9.17) is 0 Å². The highest BCUT2D eigenvalue weighted by Gasteiger charge is 2.32. The zero-order valence-electron chi connectivity index (χ0n) is 14.4. The summed E-state index contributed by atoms with van der Waals surface area (Å²) >= 11 is 0. The summed E-state index contributed by atoms with van der Waals surface area (Å²) in [6.45, 7) is 9.27. The largest absolute Gasteiger partial charge is 0.350 e. The van der Waals surface area contributed by atoms with Gasteiger partial charge in [-0.2, -0.15) is 5.10 Å². The van der Waals surface area contributed by atoms with Gasteiger partial charge in [0.1, 0.15) is 5.69 Å². The van der Waals surface area contributed by atoms with E-state index >= 15 is 0 Å². The van der Waals surface area contributed by atoms with E-state index in [9.17, 15) is 4.79 Å². The lowest BCUT2D eigenvalue weighted by atomic mass is 10.00. The van der Waals surface area contributed by atoms with Crippen molar-refractivity contribution in [1.29, 1.82) is 0 Å². The van der Waals surface area contributed by atoms with Crippen LogP contribution in [0, 0.1) is 5.92 Å². The third-order valence-corrected chi connectivity index (χ3v) is 4.55. The Bertz CT molecular complexity index is 539. The fourth-order valence-electron chi connectivity index (χ4n) is 3.14. The molecule has 1 unspecified atom stereocenters. The first-order valence-corrected chi connectivity index (χ1v) is 8.54. The molecule has 2 fully saturated rings. The van der Waals surface area contributed by atoms with E-state index in [2.05, 4.69) is 36.5 Å². The lowest BCUT2D eigenvalue weighted by Crippen LogP contribution is -2.38. The number of piperidine rings is 1. The van der Waals surface area contributed by atoms with Crippen LogP contribution in [0.4, 0.5) is 0 Å². The third-order valence-electron chi connectivity index (χ3n) is 4.55. The van der Waals surface area contributed by atoms with Gasteiger partial charge in [-0.05, 0) is 71.5 Å². The molecular formula is C17H29ClN4O. The van der Waals surface area contributed by atoms with Crippen LogP contribution in [-0.4, -0.2) is 35.3 Å². The van der Waals surface area contributed by atoms with Crippen molar-refractivity contribution in [1.82, 2.24) is 20.4 Å². The molecule has 0 bridgehead atoms. The zero-order valence-corrected chi connectivity index (χ0v) is 15.2. The Morgan fingerprint density at radius 1 is 1.39 bits per heavy atom. The van der Waals surface area contributed by atoms with E-state index in [1.165, 1.54) is 31.4 Å². The van der Waals surface area contributed by atoms with Gasteiger partial charge in [-0.15, -0.1) is 12.4 Å². The molecule has 0 radical (unpaired) electrons. The zero-order chi connectivity index (χ0) is 15.7. The summed E-state index contributed by atoms with van der Waals surface area (Å²) < 4.78 is 2.04. The monoisotopic (exact) mass is 340 g/mol. The molecule has 3 rings (SSSR count). The van der Waals surface area contributed by atoms with Gasteiger partial charge in [0.05, 0.1) is 5.54 Å². The SMILES string of the molecule is CC(C)(C)n1nc(C(=O)NCC2CCCNC2)cc1C1CC1.Cl. The highest BCUT2D eigenvalue weighted by Crippen LogP contribution is 2.41. The van der Waals surface area contributed by atoms with Crippen molar-refractivity contribution >= 4 is 18.3 Å². The van der Waals surface area contributed by atoms with Gasteiger partial charge < -0.3 is 10.6 Å². The van der Waals surface area contributed by atoms with Crippen molar-refractivity contribution in [3.63, 3.8) is 0 Å². The Kier molecular flexibility index (Phi) is 5.74. The minimum Gasteiger partial charge on any atom is -0.350 e. The van der Waals surface area contributed by atoms with Crippen LogP contribution in [0.3, 0.4) is 0 Å². The van der Waals surface area contributed by atoms with Crippen LogP contribution >= 0.6 is 12.4 Å². The van der Waals surface area contributed by atoms with Crippen LogP contribution in [-0.2, 0) is 5.54 Å². The summed E-state index contributed by atoms with van der Waals surface area (Å²) in [6, 6.07) is 2.00. The maximum atomic E-state index is 12.4. The molecule has 1 aromatic rings. The first-order valence-electron chi connectivity index (χ1n) is 8.54. The number of hydrogen-bond donors (Lipinski definition) is 2. The molecule has 1 aliphatic carbocycles. The van der Waals surface area contributed by atoms with Crippen LogP contribution in [0.5, 0.6) is 0 Å². The molecule has 130 valence electrons. The lowest BCUT2D eigenvalue weighted by Gasteiger charge is -2.23. The van der Waals surface area contributed by atoms with Crippen LogP contribution in [0.25, 0.3) is 0 Å². The predicted molar refractivity (Wildman–Crippen MR) is 94.4 cm³/mol. The smallest absolute Gasteiger partial charge is 0.271 e. The Morgan fingerprint density at radius 2 is 2.13 bits per heavy atom. The van der Waals surface area contributed by atoms with Gasteiger partial charge in [0.25, 0.3) is 5.91 Å². The van der Waals surface area contributed by atoms with Gasteiger partial charge in [-0.25, -0.2) is 0 Å². The molecule has 6 heteroatoms. The highest BCUT2D eigenvalue weighted by molar-refractivity contribution is 5.92. The highest BCUT2D eigenvalue weighted by atomic mass is 35.5. The molecule has 2 aliphatic rings. The van der Waals surface area contributed by atoms with Gasteiger partial charge in [-0.3, -0.25) is 9.48 Å². The fourth-order valence-corrected chi connectivity index (χ4v) is 3.14. The predicted octanol–water partition coefficient (Wildman–Crippen LogP) is 2.67. The van der Waals surface area contributed by atoms with E-state index < -0.39 is 0 Å². The number of hydrogen-bond acceptors (Lipinski definition) is 3. The molecule has 1 amide bonds. The average Bonchev–Trinajstić information content (AvgIpc) is 3.23. The van der Waals surface area contributed by atoms with E-state index in [0.717, 1.165) is 19.6 Å². The van der Waals surface area contributed by atoms with Crippen molar-refractivity contribution in [3.8, 4) is 0 Å². The average molecular weight is 341 g/mol. The Hall–Kier alpha value is -1.07. The van der Waals surface area contributed by atoms with Gasteiger partial charge in [-0.1, -0.05) is 0 Å². The summed E-state index contributed by atoms with van der Waals surface area (Å²) in [4.78, 5) is 12.4. The maximum absolute atomic E-state index is 12.4. The molecule has 1 atom stereocenters. The Balaban J connectivity index is 0.00000192. The maximum Gasteiger partial charge on any atom is 0.271 e. The molecule has 2 N–H and O–H groups in total. The molecule has 1 aliphatic heterocycles. The number of nitrogens with zero attached hydrogens (tertiary/aromatic N) is 2. The van der Waals surface area contributed by atoms with E-state index in [1.807, 2.05) is 10.7 Å². The molecule has 0 aromatic carbocycles. The number of rotatable bonds is 4. The van der Waals surface area contributed by atoms with Crippen molar-refractivity contribution in [2.75, 3.05) is 19.6 Å². The second kappa shape index (κ2) is 7.22. The summed E-state index contributed by atoms with van der Waals surface area (Å²) in [5.41, 5.74) is 1.71. The van der Waals surface area contributed by atoms with Gasteiger partial charge in [0.2, 0.25) is 0 Å². The summed E-state index contributed by atoms with van der Waals surface area (Å²) in [5.74, 6) is 1.11. The van der Waals surface area contributed by atoms with Crippen LogP contribution in [0.15, 0.2) is 6.07 Å². The molecule has 23 heavy (non-hydrogen) atoms. The lowest BCUT2D eigenvalue weighted by molar-refractivity contribution is 0.0938.